The molecular weight excluding hydrogens is 208 g/mol. The van der Waals surface area contributed by atoms with Gasteiger partial charge < -0.3 is 5.73 Å². The molecule has 0 spiro atoms. The molecule has 2 N–H and O–H groups in total. The normalized spacial score (nSPS) is 29.8. The van der Waals surface area contributed by atoms with Crippen LogP contribution in [0.5, 0.6) is 0 Å². The Morgan fingerprint density at radius 3 is 2.53 bits per heavy atom. The Balaban J connectivity index is 1.91. The largest absolute Gasteiger partial charge is 0.326 e. The first-order chi connectivity index (χ1) is 8.16. The van der Waals surface area contributed by atoms with Crippen molar-refractivity contribution in [1.82, 2.24) is 4.90 Å². The van der Waals surface area contributed by atoms with Gasteiger partial charge in [-0.25, -0.2) is 0 Å². The second-order valence-electron chi connectivity index (χ2n) is 5.71. The van der Waals surface area contributed by atoms with Crippen LogP contribution in [0.25, 0.3) is 0 Å². The van der Waals surface area contributed by atoms with Gasteiger partial charge in [-0.2, -0.15) is 0 Å². The average molecular weight is 230 g/mol. The minimum absolute atomic E-state index is 0.317. The molecule has 1 aromatic rings. The highest BCUT2D eigenvalue weighted by Gasteiger charge is 2.41. The lowest BCUT2D eigenvalue weighted by Crippen LogP contribution is -2.33. The maximum absolute atomic E-state index is 6.31. The highest BCUT2D eigenvalue weighted by atomic mass is 15.2. The first-order valence-corrected chi connectivity index (χ1v) is 6.75. The Kier molecular flexibility index (Phi) is 2.72. The molecule has 1 saturated heterocycles. The summed E-state index contributed by atoms with van der Waals surface area (Å²) in [6.45, 7) is 5.55. The molecule has 17 heavy (non-hydrogen) atoms. The van der Waals surface area contributed by atoms with Gasteiger partial charge in [-0.05, 0) is 49.8 Å². The van der Waals surface area contributed by atoms with Crippen LogP contribution in [0.15, 0.2) is 18.2 Å². The maximum atomic E-state index is 6.31. The van der Waals surface area contributed by atoms with E-state index in [-0.39, 0.29) is 0 Å². The van der Waals surface area contributed by atoms with Gasteiger partial charge in [0.15, 0.2) is 0 Å². The van der Waals surface area contributed by atoms with E-state index in [9.17, 15) is 0 Å². The topological polar surface area (TPSA) is 29.3 Å². The van der Waals surface area contributed by atoms with E-state index >= 15 is 0 Å². The van der Waals surface area contributed by atoms with Crippen LogP contribution in [0.3, 0.4) is 0 Å². The van der Waals surface area contributed by atoms with Crippen molar-refractivity contribution < 1.29 is 0 Å². The number of rotatable bonds is 2. The number of likely N-dealkylation sites (tertiary alicyclic amines) is 1. The lowest BCUT2D eigenvalue weighted by molar-refractivity contribution is 0.237. The van der Waals surface area contributed by atoms with Crippen molar-refractivity contribution >= 4 is 0 Å². The molecule has 2 aliphatic rings. The van der Waals surface area contributed by atoms with Gasteiger partial charge >= 0.3 is 0 Å². The second kappa shape index (κ2) is 4.11. The zero-order chi connectivity index (χ0) is 12.0. The summed E-state index contributed by atoms with van der Waals surface area (Å²) >= 11 is 0. The molecule has 1 aromatic carbocycles. The number of hydrogen-bond donors (Lipinski definition) is 1. The van der Waals surface area contributed by atoms with E-state index < -0.39 is 0 Å². The van der Waals surface area contributed by atoms with Crippen LogP contribution in [0, 0.1) is 13.8 Å². The molecule has 1 saturated carbocycles. The molecule has 1 aliphatic carbocycles. The highest BCUT2D eigenvalue weighted by Crippen LogP contribution is 2.40. The van der Waals surface area contributed by atoms with Crippen molar-refractivity contribution in [2.75, 3.05) is 6.54 Å². The third-order valence-electron chi connectivity index (χ3n) is 4.37. The maximum Gasteiger partial charge on any atom is 0.0502 e. The third kappa shape index (κ3) is 2.00. The van der Waals surface area contributed by atoms with E-state index in [1.807, 2.05) is 0 Å². The summed E-state index contributed by atoms with van der Waals surface area (Å²) in [4.78, 5) is 2.63. The van der Waals surface area contributed by atoms with Crippen LogP contribution in [-0.2, 0) is 0 Å². The van der Waals surface area contributed by atoms with E-state index in [0.29, 0.717) is 12.1 Å². The Morgan fingerprint density at radius 2 is 1.88 bits per heavy atom. The monoisotopic (exact) mass is 230 g/mol. The van der Waals surface area contributed by atoms with Crippen LogP contribution in [0.4, 0.5) is 0 Å². The van der Waals surface area contributed by atoms with Crippen molar-refractivity contribution in [2.24, 2.45) is 5.73 Å². The summed E-state index contributed by atoms with van der Waals surface area (Å²) < 4.78 is 0. The van der Waals surface area contributed by atoms with Gasteiger partial charge in [0, 0.05) is 18.6 Å². The number of hydrogen-bond acceptors (Lipinski definition) is 2. The lowest BCUT2D eigenvalue weighted by Gasteiger charge is -2.27. The number of nitrogens with two attached hydrogens (primary N) is 1. The first kappa shape index (κ1) is 11.2. The van der Waals surface area contributed by atoms with Crippen LogP contribution in [0.2, 0.25) is 0 Å². The molecule has 1 heterocycles. The predicted molar refractivity (Wildman–Crippen MR) is 71.0 cm³/mol. The van der Waals surface area contributed by atoms with Crippen LogP contribution >= 0.6 is 0 Å². The second-order valence-corrected chi connectivity index (χ2v) is 5.71. The molecule has 0 bridgehead atoms. The van der Waals surface area contributed by atoms with Gasteiger partial charge in [0.1, 0.15) is 0 Å². The molecular formula is C15H22N2. The van der Waals surface area contributed by atoms with Crippen molar-refractivity contribution in [3.05, 3.63) is 34.9 Å². The van der Waals surface area contributed by atoms with Gasteiger partial charge in [0.2, 0.25) is 0 Å². The predicted octanol–water partition coefficient (Wildman–Crippen LogP) is 2.54. The smallest absolute Gasteiger partial charge is 0.0502 e. The van der Waals surface area contributed by atoms with Gasteiger partial charge in [-0.1, -0.05) is 18.2 Å². The summed E-state index contributed by atoms with van der Waals surface area (Å²) in [5.74, 6) is 0. The molecule has 3 rings (SSSR count). The summed E-state index contributed by atoms with van der Waals surface area (Å²) in [5, 5.41) is 0. The van der Waals surface area contributed by atoms with Crippen molar-refractivity contribution in [2.45, 2.75) is 51.2 Å². The van der Waals surface area contributed by atoms with Crippen LogP contribution < -0.4 is 5.73 Å². The molecule has 0 amide bonds. The molecule has 2 heteroatoms. The summed E-state index contributed by atoms with van der Waals surface area (Å²) in [5.41, 5.74) is 10.5. The molecule has 0 aromatic heterocycles. The standard InChI is InChI=1S/C15H22N2/c1-10-3-4-12(9-11(10)2)15-14(16)7-8-17(15)13-5-6-13/h3-4,9,13-15H,5-8,16H2,1-2H3. The number of nitrogens with zero attached hydrogens (tertiary/aromatic N) is 1. The van der Waals surface area contributed by atoms with Crippen LogP contribution in [-0.4, -0.2) is 23.5 Å². The van der Waals surface area contributed by atoms with Crippen molar-refractivity contribution in [3.8, 4) is 0 Å². The lowest BCUT2D eigenvalue weighted by atomic mass is 9.97. The van der Waals surface area contributed by atoms with Crippen LogP contribution in [0.1, 0.15) is 42.0 Å². The van der Waals surface area contributed by atoms with E-state index in [4.69, 9.17) is 5.73 Å². The fourth-order valence-corrected chi connectivity index (χ4v) is 3.04. The molecule has 92 valence electrons. The molecule has 2 fully saturated rings. The van der Waals surface area contributed by atoms with E-state index in [2.05, 4.69) is 36.9 Å². The molecule has 1 aliphatic heterocycles. The first-order valence-electron chi connectivity index (χ1n) is 6.75. The molecule has 0 radical (unpaired) electrons. The Morgan fingerprint density at radius 1 is 1.12 bits per heavy atom. The van der Waals surface area contributed by atoms with E-state index in [1.165, 1.54) is 36.1 Å². The minimum Gasteiger partial charge on any atom is -0.326 e. The quantitative estimate of drug-likeness (QED) is 0.846. The van der Waals surface area contributed by atoms with Gasteiger partial charge in [0.25, 0.3) is 0 Å². The fraction of sp³-hybridized carbons (Fsp3) is 0.600. The molecule has 2 nitrogen and oxygen atoms in total. The summed E-state index contributed by atoms with van der Waals surface area (Å²) in [7, 11) is 0. The Bertz CT molecular complexity index is 423. The van der Waals surface area contributed by atoms with E-state index in [0.717, 1.165) is 12.5 Å². The Labute approximate surface area is 104 Å². The molecule has 2 atom stereocenters. The molecule has 2 unspecified atom stereocenters. The minimum atomic E-state index is 0.317. The summed E-state index contributed by atoms with van der Waals surface area (Å²) in [6.07, 6.45) is 3.89. The summed E-state index contributed by atoms with van der Waals surface area (Å²) in [6, 6.07) is 8.43. The van der Waals surface area contributed by atoms with E-state index in [1.54, 1.807) is 0 Å². The highest BCUT2D eigenvalue weighted by molar-refractivity contribution is 5.33. The third-order valence-corrected chi connectivity index (χ3v) is 4.37. The van der Waals surface area contributed by atoms with Crippen molar-refractivity contribution in [1.29, 1.82) is 0 Å². The number of aryl methyl sites for hydroxylation is 2. The van der Waals surface area contributed by atoms with Gasteiger partial charge in [-0.15, -0.1) is 0 Å². The Hall–Kier alpha value is -0.860. The SMILES string of the molecule is Cc1ccc(C2C(N)CCN2C2CC2)cc1C. The zero-order valence-electron chi connectivity index (χ0n) is 10.8. The zero-order valence-corrected chi connectivity index (χ0v) is 10.8. The van der Waals surface area contributed by atoms with Crippen molar-refractivity contribution in [3.63, 3.8) is 0 Å². The number of benzene rings is 1. The van der Waals surface area contributed by atoms with Gasteiger partial charge in [-0.3, -0.25) is 4.90 Å². The fourth-order valence-electron chi connectivity index (χ4n) is 3.04. The van der Waals surface area contributed by atoms with Gasteiger partial charge in [0.05, 0.1) is 6.04 Å². The average Bonchev–Trinajstić information content (AvgIpc) is 3.07.